The van der Waals surface area contributed by atoms with Gasteiger partial charge in [0.25, 0.3) is 0 Å². The molecule has 1 rings (SSSR count). The Hall–Kier alpha value is -2.11. The van der Waals surface area contributed by atoms with Crippen LogP contribution < -0.4 is 5.32 Å². The number of esters is 1. The van der Waals surface area contributed by atoms with Crippen molar-refractivity contribution in [3.05, 3.63) is 35.6 Å². The number of methoxy groups -OCH3 is 1. The zero-order valence-corrected chi connectivity index (χ0v) is 13.1. The topological polar surface area (TPSA) is 58.6 Å². The van der Waals surface area contributed by atoms with E-state index >= 15 is 0 Å². The van der Waals surface area contributed by atoms with Crippen LogP contribution in [-0.4, -0.2) is 44.1 Å². The number of nitrogens with zero attached hydrogens (tertiary/aromatic N) is 1. The van der Waals surface area contributed by atoms with E-state index in [4.69, 9.17) is 0 Å². The second-order valence-corrected chi connectivity index (χ2v) is 5.06. The summed E-state index contributed by atoms with van der Waals surface area (Å²) in [7, 11) is 3.08. The van der Waals surface area contributed by atoms with Gasteiger partial charge in [-0.15, -0.1) is 0 Å². The second kappa shape index (κ2) is 9.76. The minimum absolute atomic E-state index is 0.153. The van der Waals surface area contributed by atoms with Crippen LogP contribution >= 0.6 is 0 Å². The first-order chi connectivity index (χ1) is 10.5. The lowest BCUT2D eigenvalue weighted by atomic mass is 10.1. The van der Waals surface area contributed by atoms with Crippen LogP contribution in [0.15, 0.2) is 24.3 Å². The summed E-state index contributed by atoms with van der Waals surface area (Å²) in [6.07, 6.45) is 2.46. The zero-order valence-electron chi connectivity index (χ0n) is 13.1. The van der Waals surface area contributed by atoms with Crippen LogP contribution in [0.5, 0.6) is 0 Å². The molecule has 22 heavy (non-hydrogen) atoms. The van der Waals surface area contributed by atoms with E-state index in [2.05, 4.69) is 10.1 Å². The number of halogens is 1. The van der Waals surface area contributed by atoms with E-state index in [1.807, 2.05) is 0 Å². The van der Waals surface area contributed by atoms with Gasteiger partial charge in [0.1, 0.15) is 5.82 Å². The number of likely N-dealkylation sites (N-methyl/N-ethyl adjacent to an activating group) is 1. The van der Waals surface area contributed by atoms with Gasteiger partial charge in [-0.3, -0.25) is 4.79 Å². The largest absolute Gasteiger partial charge is 0.469 e. The summed E-state index contributed by atoms with van der Waals surface area (Å²) in [5.74, 6) is -0.496. The molecule has 0 bridgehead atoms. The Morgan fingerprint density at radius 1 is 1.23 bits per heavy atom. The van der Waals surface area contributed by atoms with Crippen LogP contribution in [0.4, 0.5) is 9.18 Å². The number of unbranched alkanes of at least 4 members (excludes halogenated alkanes) is 1. The predicted molar refractivity (Wildman–Crippen MR) is 82.0 cm³/mol. The molecule has 1 N–H and O–H groups in total. The molecule has 0 heterocycles. The zero-order chi connectivity index (χ0) is 16.4. The summed E-state index contributed by atoms with van der Waals surface area (Å²) in [5, 5.41) is 2.79. The van der Waals surface area contributed by atoms with Gasteiger partial charge in [0.2, 0.25) is 0 Å². The smallest absolute Gasteiger partial charge is 0.317 e. The SMILES string of the molecule is COC(=O)CCCCNC(=O)N(C)CCc1ccc(F)cc1. The van der Waals surface area contributed by atoms with E-state index in [1.165, 1.54) is 19.2 Å². The fourth-order valence-corrected chi connectivity index (χ4v) is 1.88. The molecule has 0 fully saturated rings. The van der Waals surface area contributed by atoms with Crippen LogP contribution in [0.1, 0.15) is 24.8 Å². The average molecular weight is 310 g/mol. The minimum atomic E-state index is -0.262. The summed E-state index contributed by atoms with van der Waals surface area (Å²) in [6, 6.07) is 6.11. The van der Waals surface area contributed by atoms with Crippen LogP contribution in [0.25, 0.3) is 0 Å². The highest BCUT2D eigenvalue weighted by molar-refractivity contribution is 5.73. The molecule has 0 aliphatic rings. The molecule has 0 atom stereocenters. The maximum atomic E-state index is 12.8. The van der Waals surface area contributed by atoms with Crippen LogP contribution in [0.3, 0.4) is 0 Å². The van der Waals surface area contributed by atoms with Crippen LogP contribution in [0.2, 0.25) is 0 Å². The lowest BCUT2D eigenvalue weighted by Gasteiger charge is -2.18. The Kier molecular flexibility index (Phi) is 7.96. The molecule has 0 aliphatic heterocycles. The molecule has 0 spiro atoms. The molecular formula is C16H23FN2O3. The maximum absolute atomic E-state index is 12.8. The summed E-state index contributed by atoms with van der Waals surface area (Å²) in [6.45, 7) is 1.08. The summed E-state index contributed by atoms with van der Waals surface area (Å²) in [4.78, 5) is 24.3. The summed E-state index contributed by atoms with van der Waals surface area (Å²) in [5.41, 5.74) is 0.985. The molecular weight excluding hydrogens is 287 g/mol. The quantitative estimate of drug-likeness (QED) is 0.592. The average Bonchev–Trinajstić information content (AvgIpc) is 2.53. The van der Waals surface area contributed by atoms with Crippen molar-refractivity contribution < 1.29 is 18.7 Å². The Balaban J connectivity index is 2.16. The number of amides is 2. The number of carbonyl (C=O) groups is 2. The van der Waals surface area contributed by atoms with E-state index < -0.39 is 0 Å². The molecule has 5 nitrogen and oxygen atoms in total. The van der Waals surface area contributed by atoms with Gasteiger partial charge in [0, 0.05) is 26.6 Å². The van der Waals surface area contributed by atoms with E-state index in [-0.39, 0.29) is 17.8 Å². The first-order valence-corrected chi connectivity index (χ1v) is 7.33. The van der Waals surface area contributed by atoms with E-state index in [1.54, 1.807) is 24.1 Å². The third kappa shape index (κ3) is 7.06. The number of rotatable bonds is 8. The Labute approximate surface area is 130 Å². The summed E-state index contributed by atoms with van der Waals surface area (Å²) < 4.78 is 17.3. The van der Waals surface area contributed by atoms with Gasteiger partial charge in [0.15, 0.2) is 0 Å². The molecule has 0 radical (unpaired) electrons. The molecule has 2 amide bonds. The van der Waals surface area contributed by atoms with Crippen LogP contribution in [0, 0.1) is 5.82 Å². The van der Waals surface area contributed by atoms with Crippen molar-refractivity contribution >= 4 is 12.0 Å². The summed E-state index contributed by atoms with van der Waals surface area (Å²) >= 11 is 0. The number of urea groups is 1. The molecule has 0 aliphatic carbocycles. The fraction of sp³-hybridized carbons (Fsp3) is 0.500. The number of ether oxygens (including phenoxy) is 1. The van der Waals surface area contributed by atoms with Crippen molar-refractivity contribution in [3.63, 3.8) is 0 Å². The molecule has 0 saturated carbocycles. The third-order valence-electron chi connectivity index (χ3n) is 3.31. The van der Waals surface area contributed by atoms with Crippen molar-refractivity contribution in [3.8, 4) is 0 Å². The van der Waals surface area contributed by atoms with Crippen molar-refractivity contribution in [2.45, 2.75) is 25.7 Å². The fourth-order valence-electron chi connectivity index (χ4n) is 1.88. The number of carbonyl (C=O) groups excluding carboxylic acids is 2. The third-order valence-corrected chi connectivity index (χ3v) is 3.31. The van der Waals surface area contributed by atoms with Crippen molar-refractivity contribution in [2.24, 2.45) is 0 Å². The standard InChI is InChI=1S/C16H23FN2O3/c1-19(12-10-13-6-8-14(17)9-7-13)16(21)18-11-4-3-5-15(20)22-2/h6-9H,3-5,10-12H2,1-2H3,(H,18,21). The monoisotopic (exact) mass is 310 g/mol. The molecule has 1 aromatic rings. The highest BCUT2D eigenvalue weighted by Gasteiger charge is 2.08. The Morgan fingerprint density at radius 3 is 2.55 bits per heavy atom. The maximum Gasteiger partial charge on any atom is 0.317 e. The lowest BCUT2D eigenvalue weighted by molar-refractivity contribution is -0.140. The number of benzene rings is 1. The van der Waals surface area contributed by atoms with E-state index in [0.29, 0.717) is 32.4 Å². The van der Waals surface area contributed by atoms with Gasteiger partial charge in [-0.05, 0) is 37.0 Å². The number of nitrogens with one attached hydrogen (secondary N) is 1. The lowest BCUT2D eigenvalue weighted by Crippen LogP contribution is -2.38. The van der Waals surface area contributed by atoms with Gasteiger partial charge in [-0.2, -0.15) is 0 Å². The number of hydrogen-bond acceptors (Lipinski definition) is 3. The van der Waals surface area contributed by atoms with Gasteiger partial charge in [-0.1, -0.05) is 12.1 Å². The highest BCUT2D eigenvalue weighted by Crippen LogP contribution is 2.04. The van der Waals surface area contributed by atoms with Crippen molar-refractivity contribution in [1.29, 1.82) is 0 Å². The minimum Gasteiger partial charge on any atom is -0.469 e. The molecule has 0 aromatic heterocycles. The molecule has 0 saturated heterocycles. The first kappa shape index (κ1) is 17.9. The van der Waals surface area contributed by atoms with Crippen LogP contribution in [-0.2, 0) is 16.0 Å². The highest BCUT2D eigenvalue weighted by atomic mass is 19.1. The normalized spacial score (nSPS) is 10.1. The van der Waals surface area contributed by atoms with Crippen molar-refractivity contribution in [2.75, 3.05) is 27.2 Å². The molecule has 6 heteroatoms. The van der Waals surface area contributed by atoms with Gasteiger partial charge >= 0.3 is 12.0 Å². The second-order valence-electron chi connectivity index (χ2n) is 5.06. The number of hydrogen-bond donors (Lipinski definition) is 1. The van der Waals surface area contributed by atoms with E-state index in [9.17, 15) is 14.0 Å². The van der Waals surface area contributed by atoms with Gasteiger partial charge in [-0.25, -0.2) is 9.18 Å². The van der Waals surface area contributed by atoms with Crippen molar-refractivity contribution in [1.82, 2.24) is 10.2 Å². The Morgan fingerprint density at radius 2 is 1.91 bits per heavy atom. The molecule has 122 valence electrons. The van der Waals surface area contributed by atoms with Gasteiger partial charge < -0.3 is 15.0 Å². The predicted octanol–water partition coefficient (Wildman–Crippen LogP) is 2.35. The van der Waals surface area contributed by atoms with E-state index in [0.717, 1.165) is 12.0 Å². The van der Waals surface area contributed by atoms with Gasteiger partial charge in [0.05, 0.1) is 7.11 Å². The first-order valence-electron chi connectivity index (χ1n) is 7.33. The Bertz CT molecular complexity index is 477. The molecule has 0 unspecified atom stereocenters. The molecule has 1 aromatic carbocycles.